The van der Waals surface area contributed by atoms with E-state index in [1.54, 1.807) is 0 Å². The molecule has 1 heterocycles. The highest BCUT2D eigenvalue weighted by Gasteiger charge is 2.16. The van der Waals surface area contributed by atoms with Gasteiger partial charge < -0.3 is 15.5 Å². The summed E-state index contributed by atoms with van der Waals surface area (Å²) in [5.74, 6) is 2.86. The molecule has 0 unspecified atom stereocenters. The number of likely N-dealkylation sites (tertiary alicyclic amines) is 1. The van der Waals surface area contributed by atoms with Crippen molar-refractivity contribution in [2.24, 2.45) is 10.9 Å². The highest BCUT2D eigenvalue weighted by atomic mass is 127. The molecule has 0 saturated carbocycles. The predicted octanol–water partition coefficient (Wildman–Crippen LogP) is 1.47. The van der Waals surface area contributed by atoms with Crippen LogP contribution in [0, 0.1) is 5.92 Å². The van der Waals surface area contributed by atoms with Crippen LogP contribution < -0.4 is 10.6 Å². The van der Waals surface area contributed by atoms with Crippen LogP contribution in [-0.4, -0.2) is 63.1 Å². The Morgan fingerprint density at radius 3 is 2.56 bits per heavy atom. The van der Waals surface area contributed by atoms with E-state index in [2.05, 4.69) is 33.8 Å². The Morgan fingerprint density at radius 1 is 1.33 bits per heavy atom. The lowest BCUT2D eigenvalue weighted by Crippen LogP contribution is -2.42. The van der Waals surface area contributed by atoms with Gasteiger partial charge in [0.05, 0.1) is 0 Å². The van der Waals surface area contributed by atoms with Crippen molar-refractivity contribution in [3.05, 3.63) is 0 Å². The van der Waals surface area contributed by atoms with Gasteiger partial charge in [0.1, 0.15) is 0 Å². The molecule has 108 valence electrons. The maximum atomic E-state index is 4.23. The van der Waals surface area contributed by atoms with Gasteiger partial charge in [-0.1, -0.05) is 0 Å². The fraction of sp³-hybridized carbons (Fsp3) is 0.917. The monoisotopic (exact) mass is 386 g/mol. The highest BCUT2D eigenvalue weighted by molar-refractivity contribution is 14.0. The second-order valence-electron chi connectivity index (χ2n) is 4.62. The van der Waals surface area contributed by atoms with Gasteiger partial charge in [0.25, 0.3) is 0 Å². The topological polar surface area (TPSA) is 39.7 Å². The van der Waals surface area contributed by atoms with Crippen molar-refractivity contribution >= 4 is 41.7 Å². The Kier molecular flexibility index (Phi) is 11.4. The first kappa shape index (κ1) is 18.3. The van der Waals surface area contributed by atoms with Gasteiger partial charge in [-0.3, -0.25) is 4.99 Å². The zero-order valence-corrected chi connectivity index (χ0v) is 14.9. The molecule has 1 rings (SSSR count). The lowest BCUT2D eigenvalue weighted by molar-refractivity contribution is 0.220. The first-order chi connectivity index (χ1) is 8.26. The van der Waals surface area contributed by atoms with Gasteiger partial charge in [0, 0.05) is 25.9 Å². The number of aliphatic imine (C=N–C) groups is 1. The molecule has 1 aliphatic rings. The SMILES string of the molecule is CN=C(NCCSC)NCC1CCN(C)CC1.I. The summed E-state index contributed by atoms with van der Waals surface area (Å²) in [5, 5.41) is 6.75. The van der Waals surface area contributed by atoms with Crippen LogP contribution in [-0.2, 0) is 0 Å². The molecule has 1 fully saturated rings. The van der Waals surface area contributed by atoms with E-state index in [-0.39, 0.29) is 24.0 Å². The Bertz CT molecular complexity index is 230. The average Bonchev–Trinajstić information content (AvgIpc) is 2.35. The lowest BCUT2D eigenvalue weighted by atomic mass is 9.97. The van der Waals surface area contributed by atoms with Crippen molar-refractivity contribution < 1.29 is 0 Å². The molecule has 0 aromatic heterocycles. The van der Waals surface area contributed by atoms with E-state index in [4.69, 9.17) is 0 Å². The van der Waals surface area contributed by atoms with Crippen molar-refractivity contribution in [1.82, 2.24) is 15.5 Å². The number of rotatable bonds is 5. The van der Waals surface area contributed by atoms with Crippen LogP contribution in [0.5, 0.6) is 0 Å². The van der Waals surface area contributed by atoms with Crippen molar-refractivity contribution in [2.75, 3.05) is 52.3 Å². The normalized spacial score (nSPS) is 18.3. The van der Waals surface area contributed by atoms with E-state index in [9.17, 15) is 0 Å². The minimum Gasteiger partial charge on any atom is -0.356 e. The molecule has 0 bridgehead atoms. The molecular weight excluding hydrogens is 359 g/mol. The maximum absolute atomic E-state index is 4.23. The summed E-state index contributed by atoms with van der Waals surface area (Å²) in [5.41, 5.74) is 0. The Labute approximate surface area is 133 Å². The molecule has 1 aliphatic heterocycles. The fourth-order valence-corrected chi connectivity index (χ4v) is 2.31. The Hall–Kier alpha value is 0.310. The summed E-state index contributed by atoms with van der Waals surface area (Å²) in [4.78, 5) is 6.64. The van der Waals surface area contributed by atoms with Crippen molar-refractivity contribution in [3.8, 4) is 0 Å². The number of guanidine groups is 1. The van der Waals surface area contributed by atoms with Gasteiger partial charge in [-0.2, -0.15) is 11.8 Å². The van der Waals surface area contributed by atoms with Gasteiger partial charge in [-0.15, -0.1) is 24.0 Å². The van der Waals surface area contributed by atoms with Crippen molar-refractivity contribution in [1.29, 1.82) is 0 Å². The fourth-order valence-electron chi connectivity index (χ4n) is 2.00. The number of thioether (sulfide) groups is 1. The number of nitrogens with one attached hydrogen (secondary N) is 2. The van der Waals surface area contributed by atoms with Gasteiger partial charge in [0.2, 0.25) is 0 Å². The molecule has 0 spiro atoms. The number of hydrogen-bond acceptors (Lipinski definition) is 3. The van der Waals surface area contributed by atoms with E-state index in [0.29, 0.717) is 0 Å². The van der Waals surface area contributed by atoms with Gasteiger partial charge in [-0.05, 0) is 45.2 Å². The molecule has 4 nitrogen and oxygen atoms in total. The molecule has 0 aromatic rings. The summed E-state index contributed by atoms with van der Waals surface area (Å²) in [7, 11) is 4.04. The van der Waals surface area contributed by atoms with Gasteiger partial charge in [-0.25, -0.2) is 0 Å². The van der Waals surface area contributed by atoms with Crippen LogP contribution in [0.2, 0.25) is 0 Å². The standard InChI is InChI=1S/C12H26N4S.HI/c1-13-12(14-6-9-17-3)15-10-11-4-7-16(2)8-5-11;/h11H,4-10H2,1-3H3,(H2,13,14,15);1H. The second kappa shape index (κ2) is 11.2. The summed E-state index contributed by atoms with van der Waals surface area (Å²) >= 11 is 1.85. The van der Waals surface area contributed by atoms with E-state index < -0.39 is 0 Å². The Balaban J connectivity index is 0.00000289. The summed E-state index contributed by atoms with van der Waals surface area (Å²) in [6.45, 7) is 4.48. The van der Waals surface area contributed by atoms with Crippen LogP contribution in [0.25, 0.3) is 0 Å². The third kappa shape index (κ3) is 7.68. The van der Waals surface area contributed by atoms with Gasteiger partial charge >= 0.3 is 0 Å². The largest absolute Gasteiger partial charge is 0.356 e. The molecule has 2 N–H and O–H groups in total. The lowest BCUT2D eigenvalue weighted by Gasteiger charge is -2.29. The third-order valence-corrected chi connectivity index (χ3v) is 3.83. The number of halogens is 1. The molecule has 0 aliphatic carbocycles. The number of nitrogens with zero attached hydrogens (tertiary/aromatic N) is 2. The quantitative estimate of drug-likeness (QED) is 0.325. The molecular formula is C12H27IN4S. The minimum atomic E-state index is 0. The molecule has 0 amide bonds. The van der Waals surface area contributed by atoms with E-state index in [1.165, 1.54) is 25.9 Å². The zero-order chi connectivity index (χ0) is 12.5. The molecule has 18 heavy (non-hydrogen) atoms. The maximum Gasteiger partial charge on any atom is 0.191 e. The van der Waals surface area contributed by atoms with E-state index >= 15 is 0 Å². The third-order valence-electron chi connectivity index (χ3n) is 3.22. The van der Waals surface area contributed by atoms with Crippen molar-refractivity contribution in [3.63, 3.8) is 0 Å². The van der Waals surface area contributed by atoms with Crippen LogP contribution >= 0.6 is 35.7 Å². The van der Waals surface area contributed by atoms with Gasteiger partial charge in [0.15, 0.2) is 5.96 Å². The second-order valence-corrected chi connectivity index (χ2v) is 5.60. The average molecular weight is 386 g/mol. The highest BCUT2D eigenvalue weighted by Crippen LogP contribution is 2.14. The van der Waals surface area contributed by atoms with Crippen LogP contribution in [0.15, 0.2) is 4.99 Å². The molecule has 0 aromatic carbocycles. The number of piperidine rings is 1. The minimum absolute atomic E-state index is 0. The molecule has 0 radical (unpaired) electrons. The summed E-state index contributed by atoms with van der Waals surface area (Å²) in [6.07, 6.45) is 4.72. The summed E-state index contributed by atoms with van der Waals surface area (Å²) < 4.78 is 0. The molecule has 0 atom stereocenters. The van der Waals surface area contributed by atoms with E-state index in [1.807, 2.05) is 18.8 Å². The predicted molar refractivity (Wildman–Crippen MR) is 93.4 cm³/mol. The van der Waals surface area contributed by atoms with Crippen LogP contribution in [0.1, 0.15) is 12.8 Å². The number of hydrogen-bond donors (Lipinski definition) is 2. The van der Waals surface area contributed by atoms with Crippen LogP contribution in [0.4, 0.5) is 0 Å². The smallest absolute Gasteiger partial charge is 0.191 e. The first-order valence-corrected chi connectivity index (χ1v) is 7.77. The molecule has 6 heteroatoms. The molecule has 1 saturated heterocycles. The first-order valence-electron chi connectivity index (χ1n) is 6.38. The van der Waals surface area contributed by atoms with Crippen molar-refractivity contribution in [2.45, 2.75) is 12.8 Å². The summed E-state index contributed by atoms with van der Waals surface area (Å²) in [6, 6.07) is 0. The van der Waals surface area contributed by atoms with E-state index in [0.717, 1.165) is 30.7 Å². The van der Waals surface area contributed by atoms with Crippen LogP contribution in [0.3, 0.4) is 0 Å². The zero-order valence-electron chi connectivity index (χ0n) is 11.7. The Morgan fingerprint density at radius 2 is 2.00 bits per heavy atom.